The molecular weight excluding hydrogens is 196 g/mol. The van der Waals surface area contributed by atoms with Gasteiger partial charge in [0.05, 0.1) is 0 Å². The van der Waals surface area contributed by atoms with E-state index in [1.54, 1.807) is 0 Å². The Labute approximate surface area is 98.1 Å². The summed E-state index contributed by atoms with van der Waals surface area (Å²) in [6, 6.07) is 2.77. The highest BCUT2D eigenvalue weighted by Crippen LogP contribution is 2.37. The van der Waals surface area contributed by atoms with Crippen LogP contribution in [0.1, 0.15) is 49.9 Å². The molecule has 2 rings (SSSR count). The molecule has 2 nitrogen and oxygen atoms in total. The predicted octanol–water partition coefficient (Wildman–Crippen LogP) is 3.48. The first-order valence-corrected chi connectivity index (χ1v) is 6.25. The predicted molar refractivity (Wildman–Crippen MR) is 69.1 cm³/mol. The number of nitrogens with two attached hydrogens (primary N) is 1. The van der Waals surface area contributed by atoms with Crippen molar-refractivity contribution in [3.63, 3.8) is 0 Å². The van der Waals surface area contributed by atoms with E-state index in [4.69, 9.17) is 5.73 Å². The Morgan fingerprint density at radius 2 is 2.31 bits per heavy atom. The molecule has 1 fully saturated rings. The smallest absolute Gasteiger partial charge is 0.0336 e. The molecule has 0 unspecified atom stereocenters. The minimum absolute atomic E-state index is 0.679. The second kappa shape index (κ2) is 4.36. The molecule has 0 bridgehead atoms. The first-order chi connectivity index (χ1) is 7.63. The van der Waals surface area contributed by atoms with Crippen LogP contribution in [0.5, 0.6) is 0 Å². The summed E-state index contributed by atoms with van der Waals surface area (Å²) in [5, 5.41) is 0. The molecule has 1 heterocycles. The van der Waals surface area contributed by atoms with Gasteiger partial charge in [0.25, 0.3) is 0 Å². The quantitative estimate of drug-likeness (QED) is 0.827. The summed E-state index contributed by atoms with van der Waals surface area (Å²) in [4.78, 5) is 0. The molecule has 0 radical (unpaired) electrons. The molecule has 0 amide bonds. The molecular formula is C14H22N2. The highest BCUT2D eigenvalue weighted by molar-refractivity contribution is 5.62. The Kier molecular flexibility index (Phi) is 3.08. The van der Waals surface area contributed by atoms with E-state index in [0.29, 0.717) is 11.7 Å². The fourth-order valence-electron chi connectivity index (χ4n) is 2.93. The lowest BCUT2D eigenvalue weighted by Crippen LogP contribution is -2.07. The standard InChI is InChI=1S/C14H22N2/c1-4-12-5-6-13(9-12)16-8-7-14(10(2)15)11(16)3/h7-8,12-13H,2,4-6,9,15H2,1,3H3/t12-,13+/m1/s1. The third-order valence-corrected chi connectivity index (χ3v) is 4.01. The van der Waals surface area contributed by atoms with Crippen molar-refractivity contribution in [1.29, 1.82) is 0 Å². The average Bonchev–Trinajstić information content (AvgIpc) is 2.83. The third-order valence-electron chi connectivity index (χ3n) is 4.01. The summed E-state index contributed by atoms with van der Waals surface area (Å²) < 4.78 is 2.39. The molecule has 1 aromatic rings. The van der Waals surface area contributed by atoms with E-state index in [2.05, 4.69) is 37.3 Å². The molecule has 0 aliphatic heterocycles. The van der Waals surface area contributed by atoms with Crippen LogP contribution in [-0.4, -0.2) is 4.57 Å². The van der Waals surface area contributed by atoms with Gasteiger partial charge in [-0.15, -0.1) is 0 Å². The van der Waals surface area contributed by atoms with Crippen LogP contribution < -0.4 is 5.73 Å². The maximum atomic E-state index is 5.77. The van der Waals surface area contributed by atoms with Gasteiger partial charge in [0.2, 0.25) is 0 Å². The molecule has 0 spiro atoms. The van der Waals surface area contributed by atoms with Crippen LogP contribution in [0.4, 0.5) is 0 Å². The third kappa shape index (κ3) is 1.89. The van der Waals surface area contributed by atoms with Gasteiger partial charge in [-0.2, -0.15) is 0 Å². The molecule has 0 aromatic carbocycles. The Morgan fingerprint density at radius 3 is 2.81 bits per heavy atom. The van der Waals surface area contributed by atoms with Crippen LogP contribution in [-0.2, 0) is 0 Å². The maximum absolute atomic E-state index is 5.77. The van der Waals surface area contributed by atoms with Gasteiger partial charge in [-0.05, 0) is 38.2 Å². The summed E-state index contributed by atoms with van der Waals surface area (Å²) in [6.45, 7) is 8.26. The van der Waals surface area contributed by atoms with E-state index >= 15 is 0 Å². The van der Waals surface area contributed by atoms with Crippen molar-refractivity contribution >= 4 is 5.70 Å². The van der Waals surface area contributed by atoms with E-state index in [9.17, 15) is 0 Å². The Hall–Kier alpha value is -1.18. The Balaban J connectivity index is 2.19. The Bertz CT molecular complexity index is 389. The first-order valence-electron chi connectivity index (χ1n) is 6.25. The van der Waals surface area contributed by atoms with Crippen molar-refractivity contribution in [2.45, 2.75) is 45.6 Å². The lowest BCUT2D eigenvalue weighted by Gasteiger charge is -2.16. The van der Waals surface area contributed by atoms with Crippen molar-refractivity contribution in [3.8, 4) is 0 Å². The van der Waals surface area contributed by atoms with Crippen LogP contribution >= 0.6 is 0 Å². The lowest BCUT2D eigenvalue weighted by molar-refractivity contribution is 0.463. The summed E-state index contributed by atoms with van der Waals surface area (Å²) >= 11 is 0. The van der Waals surface area contributed by atoms with Gasteiger partial charge in [0, 0.05) is 29.2 Å². The fraction of sp³-hybridized carbons (Fsp3) is 0.571. The van der Waals surface area contributed by atoms with Crippen LogP contribution in [0, 0.1) is 12.8 Å². The largest absolute Gasteiger partial charge is 0.399 e. The van der Waals surface area contributed by atoms with E-state index in [-0.39, 0.29) is 0 Å². The SMILES string of the molecule is C=C(N)c1ccn([C@H]2CC[C@@H](CC)C2)c1C. The molecule has 88 valence electrons. The molecule has 1 aliphatic rings. The molecule has 1 aromatic heterocycles. The molecule has 2 N–H and O–H groups in total. The maximum Gasteiger partial charge on any atom is 0.0336 e. The van der Waals surface area contributed by atoms with E-state index < -0.39 is 0 Å². The van der Waals surface area contributed by atoms with Gasteiger partial charge in [-0.25, -0.2) is 0 Å². The normalized spacial score (nSPS) is 24.9. The van der Waals surface area contributed by atoms with Crippen molar-refractivity contribution in [1.82, 2.24) is 4.57 Å². The molecule has 2 heteroatoms. The summed E-state index contributed by atoms with van der Waals surface area (Å²) in [7, 11) is 0. The highest BCUT2D eigenvalue weighted by Gasteiger charge is 2.25. The van der Waals surface area contributed by atoms with Gasteiger partial charge < -0.3 is 10.3 Å². The number of aromatic nitrogens is 1. The Morgan fingerprint density at radius 1 is 1.56 bits per heavy atom. The van der Waals surface area contributed by atoms with Gasteiger partial charge in [-0.3, -0.25) is 0 Å². The van der Waals surface area contributed by atoms with Gasteiger partial charge >= 0.3 is 0 Å². The fourth-order valence-corrected chi connectivity index (χ4v) is 2.93. The van der Waals surface area contributed by atoms with Gasteiger partial charge in [0.1, 0.15) is 0 Å². The second-order valence-corrected chi connectivity index (χ2v) is 4.99. The minimum atomic E-state index is 0.679. The summed E-state index contributed by atoms with van der Waals surface area (Å²) in [5.41, 5.74) is 8.84. The van der Waals surface area contributed by atoms with Crippen molar-refractivity contribution in [2.75, 3.05) is 0 Å². The van der Waals surface area contributed by atoms with Crippen molar-refractivity contribution < 1.29 is 0 Å². The highest BCUT2D eigenvalue weighted by atomic mass is 15.0. The van der Waals surface area contributed by atoms with Gasteiger partial charge in [-0.1, -0.05) is 19.9 Å². The summed E-state index contributed by atoms with van der Waals surface area (Å²) in [5.74, 6) is 0.913. The number of hydrogen-bond donors (Lipinski definition) is 1. The molecule has 1 aliphatic carbocycles. The molecule has 2 atom stereocenters. The number of rotatable bonds is 3. The molecule has 16 heavy (non-hydrogen) atoms. The van der Waals surface area contributed by atoms with Crippen LogP contribution in [0.3, 0.4) is 0 Å². The van der Waals surface area contributed by atoms with E-state index in [1.807, 2.05) is 0 Å². The molecule has 0 saturated heterocycles. The van der Waals surface area contributed by atoms with Crippen molar-refractivity contribution in [3.05, 3.63) is 30.1 Å². The molecule has 1 saturated carbocycles. The first kappa shape index (κ1) is 11.3. The zero-order chi connectivity index (χ0) is 11.7. The van der Waals surface area contributed by atoms with Crippen LogP contribution in [0.2, 0.25) is 0 Å². The monoisotopic (exact) mass is 218 g/mol. The number of nitrogens with zero attached hydrogens (tertiary/aromatic N) is 1. The number of hydrogen-bond acceptors (Lipinski definition) is 1. The average molecular weight is 218 g/mol. The lowest BCUT2D eigenvalue weighted by atomic mass is 10.1. The van der Waals surface area contributed by atoms with E-state index in [0.717, 1.165) is 11.5 Å². The second-order valence-electron chi connectivity index (χ2n) is 4.99. The zero-order valence-corrected chi connectivity index (χ0v) is 10.4. The summed E-state index contributed by atoms with van der Waals surface area (Å²) in [6.07, 6.45) is 7.49. The van der Waals surface area contributed by atoms with Crippen molar-refractivity contribution in [2.24, 2.45) is 11.7 Å². The zero-order valence-electron chi connectivity index (χ0n) is 10.4. The topological polar surface area (TPSA) is 30.9 Å². The minimum Gasteiger partial charge on any atom is -0.399 e. The van der Waals surface area contributed by atoms with E-state index in [1.165, 1.54) is 31.4 Å². The van der Waals surface area contributed by atoms with Crippen LogP contribution in [0.15, 0.2) is 18.8 Å². The van der Waals surface area contributed by atoms with Gasteiger partial charge in [0.15, 0.2) is 0 Å². The van der Waals surface area contributed by atoms with Crippen LogP contribution in [0.25, 0.3) is 5.70 Å².